The van der Waals surface area contributed by atoms with Crippen LogP contribution in [0.4, 0.5) is 0 Å². The molecule has 0 unspecified atom stereocenters. The highest BCUT2D eigenvalue weighted by Gasteiger charge is 2.35. The van der Waals surface area contributed by atoms with Crippen LogP contribution in [-0.4, -0.2) is 4.98 Å². The molecule has 0 spiro atoms. The lowest BCUT2D eigenvalue weighted by Crippen LogP contribution is -2.39. The van der Waals surface area contributed by atoms with E-state index in [4.69, 9.17) is 5.73 Å². The second-order valence-corrected chi connectivity index (χ2v) is 6.07. The van der Waals surface area contributed by atoms with Gasteiger partial charge in [0.2, 0.25) is 0 Å². The standard InChI is InChI=1S/C15H18N2S/c16-15(14-17-10-11-18-14)8-6-13(7-9-15)12-4-2-1-3-5-12/h1-5,10-11,13H,6-9,16H2. The minimum Gasteiger partial charge on any atom is -0.319 e. The van der Waals surface area contributed by atoms with Gasteiger partial charge in [0.05, 0.1) is 5.54 Å². The van der Waals surface area contributed by atoms with Gasteiger partial charge in [0, 0.05) is 11.6 Å². The Balaban J connectivity index is 1.72. The quantitative estimate of drug-likeness (QED) is 0.893. The first-order valence-corrected chi connectivity index (χ1v) is 7.40. The van der Waals surface area contributed by atoms with E-state index in [2.05, 4.69) is 35.3 Å². The largest absolute Gasteiger partial charge is 0.319 e. The molecule has 0 saturated heterocycles. The maximum Gasteiger partial charge on any atom is 0.112 e. The summed E-state index contributed by atoms with van der Waals surface area (Å²) in [6.07, 6.45) is 6.28. The lowest BCUT2D eigenvalue weighted by atomic mass is 9.75. The van der Waals surface area contributed by atoms with Crippen LogP contribution < -0.4 is 5.73 Å². The van der Waals surface area contributed by atoms with Crippen molar-refractivity contribution in [3.63, 3.8) is 0 Å². The second kappa shape index (κ2) is 4.82. The Morgan fingerprint density at radius 3 is 2.50 bits per heavy atom. The molecular weight excluding hydrogens is 240 g/mol. The Kier molecular flexibility index (Phi) is 3.18. The van der Waals surface area contributed by atoms with Crippen LogP contribution in [0, 0.1) is 0 Å². The zero-order valence-corrected chi connectivity index (χ0v) is 11.2. The molecule has 1 aliphatic carbocycles. The predicted molar refractivity (Wildman–Crippen MR) is 75.6 cm³/mol. The Morgan fingerprint density at radius 1 is 1.17 bits per heavy atom. The minimum absolute atomic E-state index is 0.181. The van der Waals surface area contributed by atoms with Gasteiger partial charge in [-0.3, -0.25) is 0 Å². The van der Waals surface area contributed by atoms with Crippen molar-refractivity contribution in [1.82, 2.24) is 4.98 Å². The third-order valence-corrected chi connectivity index (χ3v) is 5.00. The van der Waals surface area contributed by atoms with E-state index < -0.39 is 0 Å². The van der Waals surface area contributed by atoms with Gasteiger partial charge in [0.25, 0.3) is 0 Å². The highest BCUT2D eigenvalue weighted by molar-refractivity contribution is 7.09. The normalized spacial score (nSPS) is 28.2. The van der Waals surface area contributed by atoms with E-state index in [-0.39, 0.29) is 5.54 Å². The van der Waals surface area contributed by atoms with Gasteiger partial charge in [0.1, 0.15) is 5.01 Å². The summed E-state index contributed by atoms with van der Waals surface area (Å²) < 4.78 is 0. The molecule has 1 fully saturated rings. The van der Waals surface area contributed by atoms with Crippen molar-refractivity contribution in [2.24, 2.45) is 5.73 Å². The molecule has 2 N–H and O–H groups in total. The summed E-state index contributed by atoms with van der Waals surface area (Å²) in [6, 6.07) is 10.8. The molecule has 1 aliphatic rings. The molecule has 0 bridgehead atoms. The van der Waals surface area contributed by atoms with Crippen molar-refractivity contribution in [3.05, 3.63) is 52.5 Å². The molecule has 1 saturated carbocycles. The fourth-order valence-corrected chi connectivity index (χ4v) is 3.69. The number of thiazole rings is 1. The highest BCUT2D eigenvalue weighted by atomic mass is 32.1. The number of hydrogen-bond acceptors (Lipinski definition) is 3. The SMILES string of the molecule is NC1(c2nccs2)CCC(c2ccccc2)CC1. The van der Waals surface area contributed by atoms with E-state index >= 15 is 0 Å². The third kappa shape index (κ3) is 2.20. The van der Waals surface area contributed by atoms with E-state index in [1.807, 2.05) is 11.6 Å². The topological polar surface area (TPSA) is 38.9 Å². The molecule has 94 valence electrons. The summed E-state index contributed by atoms with van der Waals surface area (Å²) in [5, 5.41) is 3.13. The van der Waals surface area contributed by atoms with Crippen LogP contribution >= 0.6 is 11.3 Å². The zero-order chi connectivity index (χ0) is 12.4. The van der Waals surface area contributed by atoms with Gasteiger partial charge in [-0.05, 0) is 37.2 Å². The van der Waals surface area contributed by atoms with Crippen molar-refractivity contribution in [2.45, 2.75) is 37.1 Å². The molecule has 3 rings (SSSR count). The van der Waals surface area contributed by atoms with Crippen LogP contribution in [0.25, 0.3) is 0 Å². The van der Waals surface area contributed by atoms with Gasteiger partial charge in [-0.1, -0.05) is 30.3 Å². The first-order valence-electron chi connectivity index (χ1n) is 6.52. The maximum absolute atomic E-state index is 6.51. The summed E-state index contributed by atoms with van der Waals surface area (Å²) in [4.78, 5) is 4.40. The molecule has 18 heavy (non-hydrogen) atoms. The molecule has 0 aliphatic heterocycles. The van der Waals surface area contributed by atoms with Crippen molar-refractivity contribution < 1.29 is 0 Å². The number of nitrogens with two attached hydrogens (primary N) is 1. The Labute approximate surface area is 112 Å². The molecular formula is C15H18N2S. The van der Waals surface area contributed by atoms with Gasteiger partial charge in [-0.15, -0.1) is 11.3 Å². The van der Waals surface area contributed by atoms with Crippen LogP contribution in [0.15, 0.2) is 41.9 Å². The highest BCUT2D eigenvalue weighted by Crippen LogP contribution is 2.42. The lowest BCUT2D eigenvalue weighted by molar-refractivity contribution is 0.276. The fourth-order valence-electron chi connectivity index (χ4n) is 2.87. The van der Waals surface area contributed by atoms with E-state index in [1.165, 1.54) is 18.4 Å². The third-order valence-electron chi connectivity index (χ3n) is 4.01. The minimum atomic E-state index is -0.181. The van der Waals surface area contributed by atoms with Crippen molar-refractivity contribution in [2.75, 3.05) is 0 Å². The van der Waals surface area contributed by atoms with Crippen molar-refractivity contribution >= 4 is 11.3 Å². The number of hydrogen-bond donors (Lipinski definition) is 1. The van der Waals surface area contributed by atoms with Gasteiger partial charge in [0.15, 0.2) is 0 Å². The zero-order valence-electron chi connectivity index (χ0n) is 10.4. The summed E-state index contributed by atoms with van der Waals surface area (Å²) >= 11 is 1.69. The van der Waals surface area contributed by atoms with Crippen LogP contribution in [-0.2, 0) is 5.54 Å². The predicted octanol–water partition coefficient (Wildman–Crippen LogP) is 3.65. The summed E-state index contributed by atoms with van der Waals surface area (Å²) in [6.45, 7) is 0. The number of benzene rings is 1. The Bertz CT molecular complexity index is 484. The molecule has 1 heterocycles. The first-order chi connectivity index (χ1) is 8.78. The molecule has 0 amide bonds. The van der Waals surface area contributed by atoms with E-state index in [0.717, 1.165) is 17.8 Å². The van der Waals surface area contributed by atoms with E-state index in [1.54, 1.807) is 11.3 Å². The monoisotopic (exact) mass is 258 g/mol. The molecule has 2 aromatic rings. The summed E-state index contributed by atoms with van der Waals surface area (Å²) in [5.74, 6) is 0.669. The van der Waals surface area contributed by atoms with Crippen LogP contribution in [0.3, 0.4) is 0 Å². The number of nitrogens with zero attached hydrogens (tertiary/aromatic N) is 1. The van der Waals surface area contributed by atoms with Crippen LogP contribution in [0.1, 0.15) is 42.2 Å². The number of aromatic nitrogens is 1. The number of rotatable bonds is 2. The maximum atomic E-state index is 6.51. The molecule has 0 atom stereocenters. The van der Waals surface area contributed by atoms with E-state index in [0.29, 0.717) is 5.92 Å². The lowest BCUT2D eigenvalue weighted by Gasteiger charge is -2.35. The van der Waals surface area contributed by atoms with Crippen molar-refractivity contribution in [1.29, 1.82) is 0 Å². The average Bonchev–Trinajstić information content (AvgIpc) is 2.95. The van der Waals surface area contributed by atoms with E-state index in [9.17, 15) is 0 Å². The van der Waals surface area contributed by atoms with Crippen LogP contribution in [0.2, 0.25) is 0 Å². The van der Waals surface area contributed by atoms with Gasteiger partial charge in [-0.2, -0.15) is 0 Å². The van der Waals surface area contributed by atoms with Gasteiger partial charge >= 0.3 is 0 Å². The molecule has 2 nitrogen and oxygen atoms in total. The molecule has 1 aromatic carbocycles. The van der Waals surface area contributed by atoms with Crippen LogP contribution in [0.5, 0.6) is 0 Å². The molecule has 1 aromatic heterocycles. The Morgan fingerprint density at radius 2 is 1.89 bits per heavy atom. The fraction of sp³-hybridized carbons (Fsp3) is 0.400. The second-order valence-electron chi connectivity index (χ2n) is 5.18. The van der Waals surface area contributed by atoms with Gasteiger partial charge in [-0.25, -0.2) is 4.98 Å². The molecule has 0 radical (unpaired) electrons. The summed E-state index contributed by atoms with van der Waals surface area (Å²) in [5.41, 5.74) is 7.79. The smallest absolute Gasteiger partial charge is 0.112 e. The first kappa shape index (κ1) is 11.9. The Hall–Kier alpha value is -1.19. The summed E-state index contributed by atoms with van der Waals surface area (Å²) in [7, 11) is 0. The average molecular weight is 258 g/mol. The molecule has 3 heteroatoms. The van der Waals surface area contributed by atoms with Crippen molar-refractivity contribution in [3.8, 4) is 0 Å². The van der Waals surface area contributed by atoms with Gasteiger partial charge < -0.3 is 5.73 Å².